The van der Waals surface area contributed by atoms with Gasteiger partial charge in [-0.05, 0) is 0 Å². The van der Waals surface area contributed by atoms with Gasteiger partial charge in [0.2, 0.25) is 0 Å². The SMILES string of the molecule is CCCCCCCCCCCCCCC[PH](CCCCCCC)(CCCCCCCCCCCCCCC)CCCCCCCCCCCCCCC. The summed E-state index contributed by atoms with van der Waals surface area (Å²) in [6.07, 6.45) is 72.5. The van der Waals surface area contributed by atoms with Gasteiger partial charge < -0.3 is 0 Å². The summed E-state index contributed by atoms with van der Waals surface area (Å²) in [6, 6.07) is 0. The third-order valence-electron chi connectivity index (χ3n) is 13.2. The standard InChI is InChI=1S/C52H109P/c1-5-9-13-17-20-23-26-29-32-35-38-42-46-50-53(49-45-41-16-12-8-4,51-47-43-39-36-33-30-27-24-21-18-14-10-6-2)52-48-44-40-37-34-31-28-25-22-19-15-11-7-3/h53H,5-52H2,1-4H3. The van der Waals surface area contributed by atoms with E-state index < -0.39 is 7.26 Å². The summed E-state index contributed by atoms with van der Waals surface area (Å²) >= 11 is 0. The van der Waals surface area contributed by atoms with Gasteiger partial charge in [-0.15, -0.1) is 0 Å². The number of rotatable bonds is 48. The molecule has 0 amide bonds. The van der Waals surface area contributed by atoms with E-state index in [0.29, 0.717) is 0 Å². The molecule has 0 aliphatic rings. The maximum atomic E-state index is 2.39. The van der Waals surface area contributed by atoms with Crippen LogP contribution in [0.25, 0.3) is 0 Å². The predicted molar refractivity (Wildman–Crippen MR) is 254 cm³/mol. The molecule has 0 nitrogen and oxygen atoms in total. The van der Waals surface area contributed by atoms with E-state index in [2.05, 4.69) is 27.7 Å². The summed E-state index contributed by atoms with van der Waals surface area (Å²) in [5.41, 5.74) is 0. The summed E-state index contributed by atoms with van der Waals surface area (Å²) in [7, 11) is -1.16. The van der Waals surface area contributed by atoms with Crippen molar-refractivity contribution in [2.24, 2.45) is 0 Å². The van der Waals surface area contributed by atoms with Crippen molar-refractivity contribution in [3.63, 3.8) is 0 Å². The van der Waals surface area contributed by atoms with E-state index in [1.807, 2.05) is 0 Å². The monoisotopic (exact) mass is 765 g/mol. The normalized spacial score (nSPS) is 12.3. The van der Waals surface area contributed by atoms with Gasteiger partial charge in [0.1, 0.15) is 0 Å². The molecule has 0 spiro atoms. The molecule has 1 heteroatoms. The van der Waals surface area contributed by atoms with Crippen molar-refractivity contribution in [2.75, 3.05) is 24.6 Å². The summed E-state index contributed by atoms with van der Waals surface area (Å²) in [4.78, 5) is 0. The van der Waals surface area contributed by atoms with E-state index in [1.54, 1.807) is 69.6 Å². The molecular formula is C52H109P. The Hall–Kier alpha value is 0.430. The van der Waals surface area contributed by atoms with Gasteiger partial charge in [-0.25, -0.2) is 0 Å². The topological polar surface area (TPSA) is 0 Å². The van der Waals surface area contributed by atoms with Gasteiger partial charge >= 0.3 is 283 Å². The Kier molecular flexibility index (Phi) is 47.2. The molecule has 0 atom stereocenters. The predicted octanol–water partition coefficient (Wildman–Crippen LogP) is 20.0. The van der Waals surface area contributed by atoms with Gasteiger partial charge in [0.25, 0.3) is 0 Å². The first-order chi connectivity index (χ1) is 26.2. The van der Waals surface area contributed by atoms with Crippen LogP contribution in [0.4, 0.5) is 0 Å². The molecule has 0 N–H and O–H groups in total. The molecule has 322 valence electrons. The molecule has 0 radical (unpaired) electrons. The van der Waals surface area contributed by atoms with Gasteiger partial charge in [0.15, 0.2) is 0 Å². The first-order valence-corrected chi connectivity index (χ1v) is 29.1. The molecule has 0 bridgehead atoms. The Labute approximate surface area is 340 Å². The number of unbranched alkanes of at least 4 members (excludes halogenated alkanes) is 40. The van der Waals surface area contributed by atoms with E-state index >= 15 is 0 Å². The number of hydrogen-bond donors (Lipinski definition) is 0. The zero-order valence-electron chi connectivity index (χ0n) is 38.4. The fourth-order valence-electron chi connectivity index (χ4n) is 9.41. The maximum absolute atomic E-state index is 2.39. The minimum atomic E-state index is -1.16. The van der Waals surface area contributed by atoms with Gasteiger partial charge in [-0.3, -0.25) is 0 Å². The molecule has 0 unspecified atom stereocenters. The van der Waals surface area contributed by atoms with Crippen LogP contribution in [0.2, 0.25) is 0 Å². The van der Waals surface area contributed by atoms with Crippen LogP contribution in [0, 0.1) is 0 Å². The summed E-state index contributed by atoms with van der Waals surface area (Å²) in [5, 5.41) is 0. The molecule has 0 saturated carbocycles. The first-order valence-electron chi connectivity index (χ1n) is 26.2. The van der Waals surface area contributed by atoms with Gasteiger partial charge in [-0.1, -0.05) is 59.3 Å². The first kappa shape index (κ1) is 53.4. The minimum absolute atomic E-state index is 1.16. The molecule has 0 aromatic rings. The number of hydrogen-bond acceptors (Lipinski definition) is 0. The van der Waals surface area contributed by atoms with Crippen LogP contribution in [0.15, 0.2) is 0 Å². The van der Waals surface area contributed by atoms with Gasteiger partial charge in [0.05, 0.1) is 0 Å². The molecule has 0 fully saturated rings. The van der Waals surface area contributed by atoms with Gasteiger partial charge in [0, 0.05) is 0 Å². The van der Waals surface area contributed by atoms with Crippen molar-refractivity contribution < 1.29 is 0 Å². The second-order valence-corrected chi connectivity index (χ2v) is 23.6. The van der Waals surface area contributed by atoms with Crippen LogP contribution >= 0.6 is 7.26 Å². The minimum Gasteiger partial charge on any atom is -0.0654 e. The quantitative estimate of drug-likeness (QED) is 0.0428. The summed E-state index contributed by atoms with van der Waals surface area (Å²) in [6.45, 7) is 9.38. The van der Waals surface area contributed by atoms with E-state index in [-0.39, 0.29) is 0 Å². The second kappa shape index (κ2) is 46.8. The van der Waals surface area contributed by atoms with Gasteiger partial charge in [-0.2, -0.15) is 0 Å². The third kappa shape index (κ3) is 41.9. The molecule has 0 aliphatic carbocycles. The van der Waals surface area contributed by atoms with Crippen molar-refractivity contribution in [1.29, 1.82) is 0 Å². The summed E-state index contributed by atoms with van der Waals surface area (Å²) in [5.74, 6) is 0. The Balaban J connectivity index is 4.68. The second-order valence-electron chi connectivity index (χ2n) is 18.6. The summed E-state index contributed by atoms with van der Waals surface area (Å²) < 4.78 is 0. The molecule has 0 saturated heterocycles. The molecular weight excluding hydrogens is 656 g/mol. The van der Waals surface area contributed by atoms with Crippen molar-refractivity contribution in [3.8, 4) is 0 Å². The van der Waals surface area contributed by atoms with E-state index in [0.717, 1.165) is 0 Å². The van der Waals surface area contributed by atoms with E-state index in [4.69, 9.17) is 0 Å². The fourth-order valence-corrected chi connectivity index (χ4v) is 14.9. The van der Waals surface area contributed by atoms with Crippen LogP contribution in [-0.2, 0) is 0 Å². The molecule has 0 aromatic carbocycles. The van der Waals surface area contributed by atoms with Crippen molar-refractivity contribution in [1.82, 2.24) is 0 Å². The molecule has 0 rings (SSSR count). The average molecular weight is 765 g/mol. The zero-order chi connectivity index (χ0) is 38.4. The smallest absolute Gasteiger partial charge is 0.0654 e. The van der Waals surface area contributed by atoms with Crippen LogP contribution in [0.1, 0.15) is 310 Å². The third-order valence-corrected chi connectivity index (χ3v) is 18.9. The average Bonchev–Trinajstić information content (AvgIpc) is 3.17. The van der Waals surface area contributed by atoms with E-state index in [1.165, 1.54) is 238 Å². The van der Waals surface area contributed by atoms with Crippen LogP contribution in [0.3, 0.4) is 0 Å². The van der Waals surface area contributed by atoms with Crippen molar-refractivity contribution in [2.45, 2.75) is 310 Å². The molecule has 53 heavy (non-hydrogen) atoms. The zero-order valence-corrected chi connectivity index (χ0v) is 39.4. The fraction of sp³-hybridized carbons (Fsp3) is 1.00. The molecule has 0 aliphatic heterocycles. The Bertz CT molecular complexity index is 553. The van der Waals surface area contributed by atoms with Crippen molar-refractivity contribution >= 4 is 7.26 Å². The molecule has 0 aromatic heterocycles. The van der Waals surface area contributed by atoms with Crippen LogP contribution < -0.4 is 0 Å². The Morgan fingerprint density at radius 3 is 0.396 bits per heavy atom. The Morgan fingerprint density at radius 2 is 0.264 bits per heavy atom. The van der Waals surface area contributed by atoms with Crippen molar-refractivity contribution in [3.05, 3.63) is 0 Å². The van der Waals surface area contributed by atoms with Crippen LogP contribution in [-0.4, -0.2) is 24.6 Å². The van der Waals surface area contributed by atoms with E-state index in [9.17, 15) is 0 Å². The van der Waals surface area contributed by atoms with Crippen LogP contribution in [0.5, 0.6) is 0 Å². The Morgan fingerprint density at radius 1 is 0.151 bits per heavy atom. The molecule has 0 heterocycles.